The highest BCUT2D eigenvalue weighted by Crippen LogP contribution is 2.42. The lowest BCUT2D eigenvalue weighted by Gasteiger charge is -2.26. The van der Waals surface area contributed by atoms with Crippen LogP contribution in [0.15, 0.2) is 31.0 Å². The van der Waals surface area contributed by atoms with Gasteiger partial charge in [0.1, 0.15) is 18.1 Å². The molecule has 0 aliphatic carbocycles. The van der Waals surface area contributed by atoms with Crippen LogP contribution in [0.5, 0.6) is 5.75 Å². The normalized spacial score (nSPS) is 21.1. The topological polar surface area (TPSA) is 49.8 Å². The van der Waals surface area contributed by atoms with Crippen LogP contribution in [-0.4, -0.2) is 30.1 Å². The summed E-state index contributed by atoms with van der Waals surface area (Å²) >= 11 is 0. The molecular formula is C15H19NO3. The Bertz CT molecular complexity index is 498. The molecule has 0 fully saturated rings. The molecule has 4 nitrogen and oxygen atoms in total. The molecule has 102 valence electrons. The van der Waals surface area contributed by atoms with Crippen LogP contribution in [0.3, 0.4) is 0 Å². The van der Waals surface area contributed by atoms with E-state index in [-0.39, 0.29) is 23.5 Å². The van der Waals surface area contributed by atoms with E-state index in [1.165, 1.54) is 6.26 Å². The monoisotopic (exact) mass is 261 g/mol. The molecule has 2 rings (SSSR count). The third kappa shape index (κ3) is 2.43. The molecule has 0 spiro atoms. The third-order valence-corrected chi connectivity index (χ3v) is 3.64. The fourth-order valence-electron chi connectivity index (χ4n) is 2.83. The Balaban J connectivity index is 2.32. The summed E-state index contributed by atoms with van der Waals surface area (Å²) in [6.45, 7) is 8.35. The Morgan fingerprint density at radius 2 is 2.32 bits per heavy atom. The first-order valence-electron chi connectivity index (χ1n) is 6.38. The van der Waals surface area contributed by atoms with E-state index in [1.54, 1.807) is 19.1 Å². The second-order valence-electron chi connectivity index (χ2n) is 4.80. The highest BCUT2D eigenvalue weighted by molar-refractivity contribution is 5.89. The zero-order valence-corrected chi connectivity index (χ0v) is 11.3. The Kier molecular flexibility index (Phi) is 3.79. The van der Waals surface area contributed by atoms with Crippen molar-refractivity contribution in [3.05, 3.63) is 36.6 Å². The molecule has 4 heteroatoms. The highest BCUT2D eigenvalue weighted by Gasteiger charge is 2.38. The summed E-state index contributed by atoms with van der Waals surface area (Å²) < 4.78 is 5.17. The maximum Gasteiger partial charge on any atom is 0.139 e. The van der Waals surface area contributed by atoms with E-state index < -0.39 is 0 Å². The number of hydrogen-bond donors (Lipinski definition) is 1. The molecule has 0 radical (unpaired) electrons. The standard InChI is InChI=1S/C15H19NO3/c1-4-19-8-7-16-10(2)15(11(3)17)13-9-12(18)5-6-14(13)16/h4-6,9-10,15,18H,1,7-8H2,2-3H3/t10-,15-/m1/s1. The lowest BCUT2D eigenvalue weighted by molar-refractivity contribution is -0.118. The van der Waals surface area contributed by atoms with E-state index in [1.807, 2.05) is 13.0 Å². The van der Waals surface area contributed by atoms with Crippen molar-refractivity contribution in [3.8, 4) is 5.75 Å². The number of aromatic hydroxyl groups is 1. The fraction of sp³-hybridized carbons (Fsp3) is 0.400. The second-order valence-corrected chi connectivity index (χ2v) is 4.80. The van der Waals surface area contributed by atoms with Crippen LogP contribution in [0.2, 0.25) is 0 Å². The number of benzene rings is 1. The number of carbonyl (C=O) groups is 1. The summed E-state index contributed by atoms with van der Waals surface area (Å²) in [5, 5.41) is 9.61. The Morgan fingerprint density at radius 1 is 1.58 bits per heavy atom. The predicted molar refractivity (Wildman–Crippen MR) is 74.5 cm³/mol. The lowest BCUT2D eigenvalue weighted by Crippen LogP contribution is -2.35. The van der Waals surface area contributed by atoms with Crippen LogP contribution < -0.4 is 4.90 Å². The first kappa shape index (κ1) is 13.5. The summed E-state index contributed by atoms with van der Waals surface area (Å²) in [7, 11) is 0. The first-order valence-corrected chi connectivity index (χ1v) is 6.38. The van der Waals surface area contributed by atoms with Gasteiger partial charge in [-0.15, -0.1) is 0 Å². The average Bonchev–Trinajstić information content (AvgIpc) is 2.62. The molecule has 1 heterocycles. The maximum absolute atomic E-state index is 11.9. The molecule has 0 saturated heterocycles. The van der Waals surface area contributed by atoms with Crippen molar-refractivity contribution in [1.29, 1.82) is 0 Å². The van der Waals surface area contributed by atoms with Gasteiger partial charge in [-0.2, -0.15) is 0 Å². The number of anilines is 1. The average molecular weight is 261 g/mol. The van der Waals surface area contributed by atoms with Crippen molar-refractivity contribution in [2.45, 2.75) is 25.8 Å². The van der Waals surface area contributed by atoms with Crippen LogP contribution >= 0.6 is 0 Å². The van der Waals surface area contributed by atoms with Crippen molar-refractivity contribution in [3.63, 3.8) is 0 Å². The van der Waals surface area contributed by atoms with Crippen molar-refractivity contribution < 1.29 is 14.6 Å². The van der Waals surface area contributed by atoms with Crippen molar-refractivity contribution >= 4 is 11.5 Å². The first-order chi connectivity index (χ1) is 9.06. The molecule has 1 aliphatic heterocycles. The minimum absolute atomic E-state index is 0.0720. The largest absolute Gasteiger partial charge is 0.508 e. The minimum atomic E-state index is -0.189. The molecule has 1 aromatic carbocycles. The molecule has 0 unspecified atom stereocenters. The smallest absolute Gasteiger partial charge is 0.139 e. The SMILES string of the molecule is C=COCCN1c2ccc(O)cc2[C@@H](C(C)=O)[C@H]1C. The van der Waals surface area contributed by atoms with Crippen LogP contribution in [0.4, 0.5) is 5.69 Å². The highest BCUT2D eigenvalue weighted by atomic mass is 16.5. The molecule has 19 heavy (non-hydrogen) atoms. The fourth-order valence-corrected chi connectivity index (χ4v) is 2.83. The van der Waals surface area contributed by atoms with Gasteiger partial charge in [0.05, 0.1) is 18.7 Å². The maximum atomic E-state index is 11.9. The number of ether oxygens (including phenoxy) is 1. The van der Waals surface area contributed by atoms with E-state index in [2.05, 4.69) is 11.5 Å². The zero-order valence-electron chi connectivity index (χ0n) is 11.3. The summed E-state index contributed by atoms with van der Waals surface area (Å²) in [5.41, 5.74) is 1.90. The van der Waals surface area contributed by atoms with Crippen LogP contribution in [0.1, 0.15) is 25.3 Å². The minimum Gasteiger partial charge on any atom is -0.508 e. The van der Waals surface area contributed by atoms with Crippen LogP contribution in [-0.2, 0) is 9.53 Å². The number of nitrogens with zero attached hydrogens (tertiary/aromatic N) is 1. The number of Topliss-reactive ketones (excluding diaryl/α,β-unsaturated/α-hetero) is 1. The number of hydrogen-bond acceptors (Lipinski definition) is 4. The van der Waals surface area contributed by atoms with Gasteiger partial charge in [0.2, 0.25) is 0 Å². The summed E-state index contributed by atoms with van der Waals surface area (Å²) in [4.78, 5) is 14.0. The lowest BCUT2D eigenvalue weighted by atomic mass is 9.92. The molecule has 0 amide bonds. The number of fused-ring (bicyclic) bond motifs is 1. The van der Waals surface area contributed by atoms with E-state index in [0.29, 0.717) is 13.2 Å². The Labute approximate surface area is 113 Å². The van der Waals surface area contributed by atoms with Crippen LogP contribution in [0.25, 0.3) is 0 Å². The van der Waals surface area contributed by atoms with E-state index >= 15 is 0 Å². The van der Waals surface area contributed by atoms with Crippen LogP contribution in [0, 0.1) is 0 Å². The molecule has 0 bridgehead atoms. The summed E-state index contributed by atoms with van der Waals surface area (Å²) in [6, 6.07) is 5.27. The summed E-state index contributed by atoms with van der Waals surface area (Å²) in [5.74, 6) is 0.124. The van der Waals surface area contributed by atoms with Gasteiger partial charge < -0.3 is 14.7 Å². The Morgan fingerprint density at radius 3 is 2.95 bits per heavy atom. The van der Waals surface area contributed by atoms with E-state index in [9.17, 15) is 9.90 Å². The van der Waals surface area contributed by atoms with E-state index in [4.69, 9.17) is 4.74 Å². The number of rotatable bonds is 5. The van der Waals surface area contributed by atoms with Gasteiger partial charge in [-0.1, -0.05) is 6.58 Å². The van der Waals surface area contributed by atoms with Gasteiger partial charge in [-0.05, 0) is 37.6 Å². The molecule has 0 aromatic heterocycles. The number of ketones is 1. The molecule has 1 N–H and O–H groups in total. The summed E-state index contributed by atoms with van der Waals surface area (Å²) in [6.07, 6.45) is 1.42. The van der Waals surface area contributed by atoms with Gasteiger partial charge in [0, 0.05) is 11.7 Å². The molecule has 1 aromatic rings. The molecular weight excluding hydrogens is 242 g/mol. The van der Waals surface area contributed by atoms with Crippen molar-refractivity contribution in [1.82, 2.24) is 0 Å². The predicted octanol–water partition coefficient (Wildman–Crippen LogP) is 2.43. The number of phenolic OH excluding ortho intramolecular Hbond substituents is 1. The third-order valence-electron chi connectivity index (χ3n) is 3.64. The van der Waals surface area contributed by atoms with Gasteiger partial charge in [-0.25, -0.2) is 0 Å². The molecule has 2 atom stereocenters. The zero-order chi connectivity index (χ0) is 14.0. The van der Waals surface area contributed by atoms with E-state index in [0.717, 1.165) is 11.3 Å². The number of phenols is 1. The van der Waals surface area contributed by atoms with Gasteiger partial charge in [0.15, 0.2) is 0 Å². The Hall–Kier alpha value is -1.97. The van der Waals surface area contributed by atoms with Gasteiger partial charge >= 0.3 is 0 Å². The van der Waals surface area contributed by atoms with Gasteiger partial charge in [0.25, 0.3) is 0 Å². The molecule has 0 saturated carbocycles. The van der Waals surface area contributed by atoms with Crippen molar-refractivity contribution in [2.75, 3.05) is 18.1 Å². The molecule has 1 aliphatic rings. The van der Waals surface area contributed by atoms with Gasteiger partial charge in [-0.3, -0.25) is 4.79 Å². The second kappa shape index (κ2) is 5.34. The van der Waals surface area contributed by atoms with Crippen molar-refractivity contribution in [2.24, 2.45) is 0 Å². The number of carbonyl (C=O) groups excluding carboxylic acids is 1. The quantitative estimate of drug-likeness (QED) is 0.653.